The van der Waals surface area contributed by atoms with Gasteiger partial charge in [-0.05, 0) is 19.1 Å². The van der Waals surface area contributed by atoms with Crippen LogP contribution in [0.2, 0.25) is 0 Å². The first-order valence-electron chi connectivity index (χ1n) is 4.14. The van der Waals surface area contributed by atoms with Crippen molar-refractivity contribution in [3.05, 3.63) is 42.6 Å². The highest BCUT2D eigenvalue weighted by Crippen LogP contribution is 2.15. The monoisotopic (exact) mass is 175 g/mol. The molecule has 68 valence electrons. The Bertz CT molecular complexity index is 313. The molecule has 0 aliphatic heterocycles. The number of carbonyl (C=O) groups is 1. The van der Waals surface area contributed by atoms with Gasteiger partial charge in [0.15, 0.2) is 0 Å². The molecule has 1 amide bonds. The van der Waals surface area contributed by atoms with Gasteiger partial charge in [0.1, 0.15) is 0 Å². The van der Waals surface area contributed by atoms with E-state index in [1.54, 1.807) is 0 Å². The van der Waals surface area contributed by atoms with Gasteiger partial charge in [0, 0.05) is 18.8 Å². The Morgan fingerprint density at radius 1 is 1.38 bits per heavy atom. The standard InChI is InChI=1S/C11H13NO/c1-4-12(10(3)13)11-7-5-9(2)6-8-11/h4-8H,1H2,2-3H3. The number of aryl methyl sites for hydroxylation is 1. The maximum atomic E-state index is 11.1. The van der Waals surface area contributed by atoms with E-state index in [2.05, 4.69) is 6.58 Å². The highest BCUT2D eigenvalue weighted by molar-refractivity contribution is 5.93. The molecule has 0 atom stereocenters. The summed E-state index contributed by atoms with van der Waals surface area (Å²) in [6.45, 7) is 7.11. The van der Waals surface area contributed by atoms with Gasteiger partial charge in [-0.1, -0.05) is 24.3 Å². The molecule has 2 heteroatoms. The molecule has 0 unspecified atom stereocenters. The zero-order valence-electron chi connectivity index (χ0n) is 7.95. The fourth-order valence-electron chi connectivity index (χ4n) is 1.12. The molecule has 0 spiro atoms. The molecule has 2 nitrogen and oxygen atoms in total. The normalized spacial score (nSPS) is 9.38. The highest BCUT2D eigenvalue weighted by atomic mass is 16.2. The van der Waals surface area contributed by atoms with Crippen LogP contribution in [0.1, 0.15) is 12.5 Å². The van der Waals surface area contributed by atoms with E-state index in [9.17, 15) is 4.79 Å². The third-order valence-electron chi connectivity index (χ3n) is 1.83. The molecule has 0 saturated heterocycles. The van der Waals surface area contributed by atoms with Crippen LogP contribution >= 0.6 is 0 Å². The summed E-state index contributed by atoms with van der Waals surface area (Å²) in [4.78, 5) is 12.6. The maximum Gasteiger partial charge on any atom is 0.227 e. The summed E-state index contributed by atoms with van der Waals surface area (Å²) in [7, 11) is 0. The fraction of sp³-hybridized carbons (Fsp3) is 0.182. The number of anilines is 1. The number of hydrogen-bond donors (Lipinski definition) is 0. The average molecular weight is 175 g/mol. The van der Waals surface area contributed by atoms with Gasteiger partial charge < -0.3 is 0 Å². The van der Waals surface area contributed by atoms with Crippen LogP contribution in [-0.4, -0.2) is 5.91 Å². The lowest BCUT2D eigenvalue weighted by molar-refractivity contribution is -0.115. The molecule has 1 rings (SSSR count). The van der Waals surface area contributed by atoms with Gasteiger partial charge in [0.05, 0.1) is 0 Å². The number of amides is 1. The SMILES string of the molecule is C=CN(C(C)=O)c1ccc(C)cc1. The lowest BCUT2D eigenvalue weighted by atomic mass is 10.2. The Morgan fingerprint density at radius 3 is 2.31 bits per heavy atom. The van der Waals surface area contributed by atoms with Crippen molar-refractivity contribution in [1.29, 1.82) is 0 Å². The van der Waals surface area contributed by atoms with E-state index in [0.717, 1.165) is 5.69 Å². The maximum absolute atomic E-state index is 11.1. The molecule has 13 heavy (non-hydrogen) atoms. The summed E-state index contributed by atoms with van der Waals surface area (Å²) in [5.41, 5.74) is 2.03. The molecule has 1 aromatic rings. The Balaban J connectivity index is 2.99. The summed E-state index contributed by atoms with van der Waals surface area (Å²) in [5, 5.41) is 0. The molecular weight excluding hydrogens is 162 g/mol. The molecule has 0 heterocycles. The van der Waals surface area contributed by atoms with E-state index in [1.165, 1.54) is 23.6 Å². The van der Waals surface area contributed by atoms with Crippen molar-refractivity contribution in [3.8, 4) is 0 Å². The van der Waals surface area contributed by atoms with Gasteiger partial charge in [0.2, 0.25) is 5.91 Å². The Hall–Kier alpha value is -1.57. The van der Waals surface area contributed by atoms with E-state index in [1.807, 2.05) is 31.2 Å². The van der Waals surface area contributed by atoms with Crippen LogP contribution in [0.5, 0.6) is 0 Å². The lowest BCUT2D eigenvalue weighted by Crippen LogP contribution is -2.21. The summed E-state index contributed by atoms with van der Waals surface area (Å²) in [6.07, 6.45) is 1.52. The van der Waals surface area contributed by atoms with Crippen molar-refractivity contribution >= 4 is 11.6 Å². The molecule has 0 aromatic heterocycles. The van der Waals surface area contributed by atoms with E-state index in [0.29, 0.717) is 0 Å². The smallest absolute Gasteiger partial charge is 0.227 e. The average Bonchev–Trinajstić information content (AvgIpc) is 2.09. The predicted molar refractivity (Wildman–Crippen MR) is 54.5 cm³/mol. The van der Waals surface area contributed by atoms with Crippen LogP contribution in [0.25, 0.3) is 0 Å². The van der Waals surface area contributed by atoms with Crippen LogP contribution in [0.4, 0.5) is 5.69 Å². The Labute approximate surface area is 78.5 Å². The molecule has 0 saturated carbocycles. The van der Waals surface area contributed by atoms with Crippen molar-refractivity contribution in [2.75, 3.05) is 4.90 Å². The number of hydrogen-bond acceptors (Lipinski definition) is 1. The number of carbonyl (C=O) groups excluding carboxylic acids is 1. The van der Waals surface area contributed by atoms with Gasteiger partial charge >= 0.3 is 0 Å². The number of benzene rings is 1. The first-order valence-corrected chi connectivity index (χ1v) is 4.14. The zero-order valence-corrected chi connectivity index (χ0v) is 7.95. The minimum atomic E-state index is -0.0288. The fourth-order valence-corrected chi connectivity index (χ4v) is 1.12. The largest absolute Gasteiger partial charge is 0.289 e. The quantitative estimate of drug-likeness (QED) is 0.676. The topological polar surface area (TPSA) is 20.3 Å². The molecule has 0 aliphatic carbocycles. The van der Waals surface area contributed by atoms with Crippen molar-refractivity contribution in [3.63, 3.8) is 0 Å². The number of rotatable bonds is 2. The van der Waals surface area contributed by atoms with Crippen LogP contribution < -0.4 is 4.90 Å². The first kappa shape index (κ1) is 9.52. The predicted octanol–water partition coefficient (Wildman–Crippen LogP) is 2.49. The van der Waals surface area contributed by atoms with Gasteiger partial charge in [-0.25, -0.2) is 0 Å². The number of nitrogens with zero attached hydrogens (tertiary/aromatic N) is 1. The second-order valence-corrected chi connectivity index (χ2v) is 2.91. The van der Waals surface area contributed by atoms with Gasteiger partial charge in [-0.3, -0.25) is 9.69 Å². The lowest BCUT2D eigenvalue weighted by Gasteiger charge is -2.15. The third kappa shape index (κ3) is 2.18. The van der Waals surface area contributed by atoms with Gasteiger partial charge in [-0.2, -0.15) is 0 Å². The molecule has 0 fully saturated rings. The van der Waals surface area contributed by atoms with Crippen LogP contribution in [-0.2, 0) is 4.79 Å². The van der Waals surface area contributed by atoms with Crippen LogP contribution in [0.3, 0.4) is 0 Å². The first-order chi connectivity index (χ1) is 6.15. The summed E-state index contributed by atoms with van der Waals surface area (Å²) in [6, 6.07) is 7.74. The zero-order chi connectivity index (χ0) is 9.84. The van der Waals surface area contributed by atoms with Crippen molar-refractivity contribution < 1.29 is 4.79 Å². The molecule has 0 N–H and O–H groups in total. The van der Waals surface area contributed by atoms with Crippen LogP contribution in [0, 0.1) is 6.92 Å². The second kappa shape index (κ2) is 3.90. The van der Waals surface area contributed by atoms with E-state index < -0.39 is 0 Å². The van der Waals surface area contributed by atoms with E-state index >= 15 is 0 Å². The van der Waals surface area contributed by atoms with Crippen molar-refractivity contribution in [2.45, 2.75) is 13.8 Å². The van der Waals surface area contributed by atoms with Crippen molar-refractivity contribution in [1.82, 2.24) is 0 Å². The second-order valence-electron chi connectivity index (χ2n) is 2.91. The summed E-state index contributed by atoms with van der Waals surface area (Å²) in [5.74, 6) is -0.0288. The highest BCUT2D eigenvalue weighted by Gasteiger charge is 2.05. The molecule has 0 radical (unpaired) electrons. The van der Waals surface area contributed by atoms with Gasteiger partial charge in [0.25, 0.3) is 0 Å². The van der Waals surface area contributed by atoms with Crippen LogP contribution in [0.15, 0.2) is 37.0 Å². The molecule has 0 bridgehead atoms. The Morgan fingerprint density at radius 2 is 1.92 bits per heavy atom. The summed E-state index contributed by atoms with van der Waals surface area (Å²) >= 11 is 0. The van der Waals surface area contributed by atoms with Crippen molar-refractivity contribution in [2.24, 2.45) is 0 Å². The van der Waals surface area contributed by atoms with Gasteiger partial charge in [-0.15, -0.1) is 0 Å². The molecular formula is C11H13NO. The van der Waals surface area contributed by atoms with E-state index in [4.69, 9.17) is 0 Å². The minimum absolute atomic E-state index is 0.0288. The third-order valence-corrected chi connectivity index (χ3v) is 1.83. The molecule has 1 aromatic carbocycles. The molecule has 0 aliphatic rings. The van der Waals surface area contributed by atoms with E-state index in [-0.39, 0.29) is 5.91 Å². The summed E-state index contributed by atoms with van der Waals surface area (Å²) < 4.78 is 0. The Kier molecular flexibility index (Phi) is 2.85. The minimum Gasteiger partial charge on any atom is -0.289 e.